The molecular weight excluding hydrogens is 428 g/mol. The van der Waals surface area contributed by atoms with E-state index in [-0.39, 0.29) is 11.8 Å². The number of piperidine rings is 1. The average Bonchev–Trinajstić information content (AvgIpc) is 3.27. The van der Waals surface area contributed by atoms with Crippen molar-refractivity contribution in [2.45, 2.75) is 32.9 Å². The van der Waals surface area contributed by atoms with Gasteiger partial charge in [0.05, 0.1) is 19.1 Å². The van der Waals surface area contributed by atoms with Crippen LogP contribution in [0.25, 0.3) is 11.4 Å². The molecule has 1 atom stereocenters. The Hall–Kier alpha value is -2.90. The number of halogens is 1. The minimum atomic E-state index is -0.0610. The van der Waals surface area contributed by atoms with Crippen LogP contribution in [0.3, 0.4) is 0 Å². The summed E-state index contributed by atoms with van der Waals surface area (Å²) in [6.45, 7) is 5.15. The van der Waals surface area contributed by atoms with Crippen molar-refractivity contribution in [2.24, 2.45) is 5.92 Å². The molecule has 0 spiro atoms. The first-order chi connectivity index (χ1) is 15.6. The highest BCUT2D eigenvalue weighted by Crippen LogP contribution is 2.22. The minimum absolute atomic E-state index is 0.0610. The molecule has 1 amide bonds. The predicted molar refractivity (Wildman–Crippen MR) is 122 cm³/mol. The van der Waals surface area contributed by atoms with Gasteiger partial charge >= 0.3 is 0 Å². The summed E-state index contributed by atoms with van der Waals surface area (Å²) in [5, 5.41) is 7.77. The lowest BCUT2D eigenvalue weighted by Gasteiger charge is -2.30. The lowest BCUT2D eigenvalue weighted by atomic mass is 9.97. The third-order valence-corrected chi connectivity index (χ3v) is 5.70. The van der Waals surface area contributed by atoms with Gasteiger partial charge in [-0.25, -0.2) is 0 Å². The van der Waals surface area contributed by atoms with Crippen molar-refractivity contribution < 1.29 is 14.1 Å². The highest BCUT2D eigenvalue weighted by molar-refractivity contribution is 6.30. The Labute approximate surface area is 192 Å². The van der Waals surface area contributed by atoms with Crippen molar-refractivity contribution in [2.75, 3.05) is 19.7 Å². The topological polar surface area (TPSA) is 80.5 Å². The van der Waals surface area contributed by atoms with Gasteiger partial charge in [-0.2, -0.15) is 4.98 Å². The van der Waals surface area contributed by atoms with Crippen LogP contribution in [-0.2, 0) is 17.9 Å². The molecule has 1 N–H and O–H groups in total. The van der Waals surface area contributed by atoms with Crippen LogP contribution in [0.4, 0.5) is 0 Å². The maximum atomic E-state index is 12.8. The molecule has 2 aromatic carbocycles. The van der Waals surface area contributed by atoms with Crippen LogP contribution in [0.5, 0.6) is 5.75 Å². The van der Waals surface area contributed by atoms with E-state index in [1.54, 1.807) is 6.07 Å². The number of nitrogens with zero attached hydrogens (tertiary/aromatic N) is 3. The molecule has 0 saturated carbocycles. The second-order valence-corrected chi connectivity index (χ2v) is 8.33. The molecule has 1 saturated heterocycles. The van der Waals surface area contributed by atoms with Crippen LogP contribution in [0.1, 0.15) is 31.2 Å². The van der Waals surface area contributed by atoms with E-state index in [1.807, 2.05) is 49.4 Å². The zero-order valence-electron chi connectivity index (χ0n) is 18.1. The molecule has 1 unspecified atom stereocenters. The molecule has 8 heteroatoms. The Morgan fingerprint density at radius 1 is 1.28 bits per heavy atom. The number of aromatic nitrogens is 2. The number of hydrogen-bond donors (Lipinski definition) is 1. The molecule has 0 radical (unpaired) electrons. The molecule has 7 nitrogen and oxygen atoms in total. The number of ether oxygens (including phenoxy) is 1. The number of rotatable bonds is 8. The molecule has 0 aliphatic carbocycles. The SMILES string of the molecule is CCOc1cccc(CNC(=O)C2CCCN(Cc3nc(-c4cccc(Cl)c4)no3)C2)c1. The second-order valence-electron chi connectivity index (χ2n) is 7.89. The van der Waals surface area contributed by atoms with Crippen LogP contribution >= 0.6 is 11.6 Å². The minimum Gasteiger partial charge on any atom is -0.494 e. The fourth-order valence-electron chi connectivity index (χ4n) is 3.91. The van der Waals surface area contributed by atoms with E-state index < -0.39 is 0 Å². The summed E-state index contributed by atoms with van der Waals surface area (Å²) in [7, 11) is 0. The van der Waals surface area contributed by atoms with Gasteiger partial charge in [0.25, 0.3) is 0 Å². The van der Waals surface area contributed by atoms with Crippen molar-refractivity contribution in [1.82, 2.24) is 20.4 Å². The van der Waals surface area contributed by atoms with E-state index in [2.05, 4.69) is 20.4 Å². The van der Waals surface area contributed by atoms with E-state index in [1.165, 1.54) is 0 Å². The summed E-state index contributed by atoms with van der Waals surface area (Å²) in [6.07, 6.45) is 1.83. The van der Waals surface area contributed by atoms with Crippen molar-refractivity contribution in [3.05, 3.63) is 65.0 Å². The molecular formula is C24H27ClN4O3. The van der Waals surface area contributed by atoms with Gasteiger partial charge < -0.3 is 14.6 Å². The molecule has 4 rings (SSSR count). The number of benzene rings is 2. The number of carbonyl (C=O) groups is 1. The van der Waals surface area contributed by atoms with Crippen LogP contribution in [0.15, 0.2) is 53.1 Å². The quantitative estimate of drug-likeness (QED) is 0.546. The Morgan fingerprint density at radius 3 is 3.00 bits per heavy atom. The third kappa shape index (κ3) is 5.87. The number of hydrogen-bond acceptors (Lipinski definition) is 6. The van der Waals surface area contributed by atoms with Crippen molar-refractivity contribution >= 4 is 17.5 Å². The van der Waals surface area contributed by atoms with E-state index in [9.17, 15) is 4.79 Å². The number of nitrogens with one attached hydrogen (secondary N) is 1. The average molecular weight is 455 g/mol. The standard InChI is InChI=1S/C24H27ClN4O3/c1-2-31-21-10-3-6-17(12-21)14-26-24(30)19-8-5-11-29(15-19)16-22-27-23(28-32-22)18-7-4-9-20(25)13-18/h3-4,6-7,9-10,12-13,19H,2,5,8,11,14-16H2,1H3,(H,26,30). The smallest absolute Gasteiger partial charge is 0.241 e. The maximum absolute atomic E-state index is 12.8. The summed E-state index contributed by atoms with van der Waals surface area (Å²) >= 11 is 6.05. The number of carbonyl (C=O) groups excluding carboxylic acids is 1. The zero-order chi connectivity index (χ0) is 22.3. The van der Waals surface area contributed by atoms with Gasteiger partial charge in [-0.05, 0) is 56.1 Å². The molecule has 0 bridgehead atoms. The number of likely N-dealkylation sites (tertiary alicyclic amines) is 1. The molecule has 2 heterocycles. The van der Waals surface area contributed by atoms with Gasteiger partial charge in [0.1, 0.15) is 5.75 Å². The fraction of sp³-hybridized carbons (Fsp3) is 0.375. The molecule has 1 aromatic heterocycles. The predicted octanol–water partition coefficient (Wildman–Crippen LogP) is 4.32. The van der Waals surface area contributed by atoms with Gasteiger partial charge in [0, 0.05) is 23.7 Å². The molecule has 1 aliphatic heterocycles. The van der Waals surface area contributed by atoms with Gasteiger partial charge in [0.2, 0.25) is 17.6 Å². The highest BCUT2D eigenvalue weighted by atomic mass is 35.5. The summed E-state index contributed by atoms with van der Waals surface area (Å²) in [5.41, 5.74) is 1.84. The first kappa shape index (κ1) is 22.3. The summed E-state index contributed by atoms with van der Waals surface area (Å²) in [6, 6.07) is 15.2. The molecule has 1 aliphatic rings. The summed E-state index contributed by atoms with van der Waals surface area (Å²) < 4.78 is 11.0. The van der Waals surface area contributed by atoms with Crippen molar-refractivity contribution in [1.29, 1.82) is 0 Å². The number of amides is 1. The largest absolute Gasteiger partial charge is 0.494 e. The Bertz CT molecular complexity index is 1050. The van der Waals surface area contributed by atoms with Crippen LogP contribution in [-0.4, -0.2) is 40.6 Å². The van der Waals surface area contributed by atoms with E-state index in [0.717, 1.165) is 36.3 Å². The van der Waals surface area contributed by atoms with E-state index in [0.29, 0.717) is 43.0 Å². The zero-order valence-corrected chi connectivity index (χ0v) is 18.8. The summed E-state index contributed by atoms with van der Waals surface area (Å²) in [4.78, 5) is 19.5. The normalized spacial score (nSPS) is 16.6. The first-order valence-corrected chi connectivity index (χ1v) is 11.3. The Balaban J connectivity index is 1.30. The Morgan fingerprint density at radius 2 is 2.16 bits per heavy atom. The van der Waals surface area contributed by atoms with Crippen LogP contribution in [0.2, 0.25) is 5.02 Å². The van der Waals surface area contributed by atoms with Crippen molar-refractivity contribution in [3.63, 3.8) is 0 Å². The maximum Gasteiger partial charge on any atom is 0.241 e. The van der Waals surface area contributed by atoms with Crippen molar-refractivity contribution in [3.8, 4) is 17.1 Å². The Kier molecular flexibility index (Phi) is 7.39. The fourth-order valence-corrected chi connectivity index (χ4v) is 4.10. The van der Waals surface area contributed by atoms with Gasteiger partial charge in [0.15, 0.2) is 0 Å². The van der Waals surface area contributed by atoms with Crippen LogP contribution < -0.4 is 10.1 Å². The lowest BCUT2D eigenvalue weighted by molar-refractivity contribution is -0.127. The highest BCUT2D eigenvalue weighted by Gasteiger charge is 2.26. The second kappa shape index (κ2) is 10.6. The van der Waals surface area contributed by atoms with Gasteiger partial charge in [-0.1, -0.05) is 41.0 Å². The van der Waals surface area contributed by atoms with Gasteiger partial charge in [-0.15, -0.1) is 0 Å². The van der Waals surface area contributed by atoms with Gasteiger partial charge in [-0.3, -0.25) is 9.69 Å². The molecule has 1 fully saturated rings. The van der Waals surface area contributed by atoms with E-state index in [4.69, 9.17) is 20.9 Å². The monoisotopic (exact) mass is 454 g/mol. The van der Waals surface area contributed by atoms with E-state index >= 15 is 0 Å². The van der Waals surface area contributed by atoms with Crippen LogP contribution in [0, 0.1) is 5.92 Å². The lowest BCUT2D eigenvalue weighted by Crippen LogP contribution is -2.42. The first-order valence-electron chi connectivity index (χ1n) is 10.9. The molecule has 168 valence electrons. The summed E-state index contributed by atoms with van der Waals surface area (Å²) in [5.74, 6) is 1.88. The molecule has 32 heavy (non-hydrogen) atoms. The third-order valence-electron chi connectivity index (χ3n) is 5.46. The molecule has 3 aromatic rings.